The minimum absolute atomic E-state index is 0.0900. The van der Waals surface area contributed by atoms with Crippen LogP contribution in [0.5, 0.6) is 5.75 Å². The maximum absolute atomic E-state index is 11.4. The van der Waals surface area contributed by atoms with Gasteiger partial charge in [0, 0.05) is 5.56 Å². The number of methoxy groups -OCH3 is 2. The largest absolute Gasteiger partial charge is 0.496 e. The van der Waals surface area contributed by atoms with Gasteiger partial charge in [0.05, 0.1) is 14.2 Å². The monoisotopic (exact) mass is 224 g/mol. The van der Waals surface area contributed by atoms with E-state index in [-0.39, 0.29) is 11.4 Å². The van der Waals surface area contributed by atoms with E-state index in [2.05, 4.69) is 9.89 Å². The van der Waals surface area contributed by atoms with Crippen LogP contribution in [0.2, 0.25) is 0 Å². The molecule has 0 aromatic heterocycles. The van der Waals surface area contributed by atoms with E-state index in [1.165, 1.54) is 20.3 Å². The number of nitrogens with zero attached hydrogens (tertiary/aromatic N) is 1. The van der Waals surface area contributed by atoms with Gasteiger partial charge in [-0.1, -0.05) is 5.16 Å². The van der Waals surface area contributed by atoms with Crippen molar-refractivity contribution >= 4 is 11.8 Å². The first-order valence-corrected chi connectivity index (χ1v) is 4.38. The van der Waals surface area contributed by atoms with Crippen molar-refractivity contribution in [1.29, 1.82) is 0 Å². The number of oxime groups is 1. The molecule has 16 heavy (non-hydrogen) atoms. The number of amidine groups is 1. The Morgan fingerprint density at radius 3 is 2.62 bits per heavy atom. The van der Waals surface area contributed by atoms with Gasteiger partial charge in [0.15, 0.2) is 5.84 Å². The number of carbonyl (C=O) groups excluding carboxylic acids is 1. The van der Waals surface area contributed by atoms with Crippen LogP contribution >= 0.6 is 0 Å². The molecule has 0 aliphatic heterocycles. The predicted octanol–water partition coefficient (Wildman–Crippen LogP) is 0.576. The van der Waals surface area contributed by atoms with Crippen molar-refractivity contribution in [2.45, 2.75) is 0 Å². The Morgan fingerprint density at radius 1 is 1.44 bits per heavy atom. The summed E-state index contributed by atoms with van der Waals surface area (Å²) in [5.74, 6) is -0.279. The Hall–Kier alpha value is -2.24. The number of hydrogen-bond donors (Lipinski definition) is 2. The highest BCUT2D eigenvalue weighted by atomic mass is 16.5. The van der Waals surface area contributed by atoms with Gasteiger partial charge >= 0.3 is 5.97 Å². The van der Waals surface area contributed by atoms with E-state index in [4.69, 9.17) is 15.7 Å². The topological polar surface area (TPSA) is 94.1 Å². The molecule has 0 aliphatic carbocycles. The van der Waals surface area contributed by atoms with Gasteiger partial charge in [0.1, 0.15) is 11.3 Å². The summed E-state index contributed by atoms with van der Waals surface area (Å²) >= 11 is 0. The van der Waals surface area contributed by atoms with Crippen LogP contribution in [0.25, 0.3) is 0 Å². The van der Waals surface area contributed by atoms with Gasteiger partial charge < -0.3 is 20.4 Å². The predicted molar refractivity (Wildman–Crippen MR) is 56.8 cm³/mol. The summed E-state index contributed by atoms with van der Waals surface area (Å²) in [4.78, 5) is 11.4. The molecule has 3 N–H and O–H groups in total. The zero-order valence-electron chi connectivity index (χ0n) is 8.93. The van der Waals surface area contributed by atoms with Gasteiger partial charge in [-0.05, 0) is 18.2 Å². The Labute approximate surface area is 92.3 Å². The summed E-state index contributed by atoms with van der Waals surface area (Å²) in [7, 11) is 2.70. The van der Waals surface area contributed by atoms with E-state index in [0.29, 0.717) is 11.3 Å². The fourth-order valence-corrected chi connectivity index (χ4v) is 1.19. The van der Waals surface area contributed by atoms with Crippen LogP contribution in [0.1, 0.15) is 15.9 Å². The first-order chi connectivity index (χ1) is 7.63. The van der Waals surface area contributed by atoms with Gasteiger partial charge in [0.2, 0.25) is 0 Å². The van der Waals surface area contributed by atoms with E-state index in [9.17, 15) is 4.79 Å². The molecule has 1 rings (SSSR count). The molecule has 0 atom stereocenters. The van der Waals surface area contributed by atoms with Crippen LogP contribution in [0, 0.1) is 0 Å². The molecule has 0 fully saturated rings. The third-order valence-electron chi connectivity index (χ3n) is 2.01. The third-order valence-corrected chi connectivity index (χ3v) is 2.01. The minimum atomic E-state index is -0.551. The molecule has 1 aromatic carbocycles. The zero-order chi connectivity index (χ0) is 12.1. The molecule has 0 radical (unpaired) electrons. The van der Waals surface area contributed by atoms with Crippen LogP contribution in [0.15, 0.2) is 23.4 Å². The van der Waals surface area contributed by atoms with Gasteiger partial charge in [-0.15, -0.1) is 0 Å². The molecule has 0 amide bonds. The third kappa shape index (κ3) is 2.22. The smallest absolute Gasteiger partial charge is 0.341 e. The number of benzene rings is 1. The average molecular weight is 224 g/mol. The molecule has 0 saturated carbocycles. The van der Waals surface area contributed by atoms with E-state index in [1.807, 2.05) is 0 Å². The van der Waals surface area contributed by atoms with Gasteiger partial charge in [-0.2, -0.15) is 0 Å². The van der Waals surface area contributed by atoms with Crippen molar-refractivity contribution in [2.24, 2.45) is 10.9 Å². The van der Waals surface area contributed by atoms with Crippen LogP contribution in [0.3, 0.4) is 0 Å². The van der Waals surface area contributed by atoms with Gasteiger partial charge in [-0.25, -0.2) is 4.79 Å². The van der Waals surface area contributed by atoms with Crippen molar-refractivity contribution in [1.82, 2.24) is 0 Å². The van der Waals surface area contributed by atoms with Crippen molar-refractivity contribution < 1.29 is 19.5 Å². The van der Waals surface area contributed by atoms with E-state index < -0.39 is 5.97 Å². The average Bonchev–Trinajstić information content (AvgIpc) is 2.35. The Balaban J connectivity index is 3.26. The van der Waals surface area contributed by atoms with Crippen molar-refractivity contribution in [2.75, 3.05) is 14.2 Å². The van der Waals surface area contributed by atoms with E-state index in [0.717, 1.165) is 0 Å². The lowest BCUT2D eigenvalue weighted by Crippen LogP contribution is -2.14. The summed E-state index contributed by atoms with van der Waals surface area (Å²) in [6, 6.07) is 4.54. The molecule has 6 heteroatoms. The Kier molecular flexibility index (Phi) is 3.71. The summed E-state index contributed by atoms with van der Waals surface area (Å²) in [5.41, 5.74) is 6.03. The fraction of sp³-hybridized carbons (Fsp3) is 0.200. The molecule has 86 valence electrons. The Morgan fingerprint density at radius 2 is 2.12 bits per heavy atom. The lowest BCUT2D eigenvalue weighted by molar-refractivity contribution is 0.0597. The van der Waals surface area contributed by atoms with Crippen LogP contribution in [0.4, 0.5) is 0 Å². The van der Waals surface area contributed by atoms with Crippen LogP contribution in [-0.2, 0) is 4.74 Å². The molecule has 0 aliphatic rings. The zero-order valence-corrected chi connectivity index (χ0v) is 8.93. The number of hydrogen-bond acceptors (Lipinski definition) is 5. The Bertz CT molecular complexity index is 429. The number of ether oxygens (including phenoxy) is 2. The quantitative estimate of drug-likeness (QED) is 0.257. The number of carbonyl (C=O) groups is 1. The lowest BCUT2D eigenvalue weighted by Gasteiger charge is -2.08. The molecular formula is C10H12N2O4. The highest BCUT2D eigenvalue weighted by Crippen LogP contribution is 2.20. The highest BCUT2D eigenvalue weighted by Gasteiger charge is 2.14. The summed E-state index contributed by atoms with van der Waals surface area (Å²) < 4.78 is 9.58. The second-order valence-electron chi connectivity index (χ2n) is 2.89. The van der Waals surface area contributed by atoms with E-state index in [1.54, 1.807) is 12.1 Å². The second kappa shape index (κ2) is 5.01. The van der Waals surface area contributed by atoms with Crippen LogP contribution in [-0.4, -0.2) is 31.2 Å². The minimum Gasteiger partial charge on any atom is -0.496 e. The van der Waals surface area contributed by atoms with Crippen molar-refractivity contribution in [3.05, 3.63) is 29.3 Å². The SMILES string of the molecule is COC(=O)c1cc(C(N)=NO)ccc1OC. The summed E-state index contributed by atoms with van der Waals surface area (Å²) in [5, 5.41) is 11.4. The summed E-state index contributed by atoms with van der Waals surface area (Å²) in [6.07, 6.45) is 0. The fourth-order valence-electron chi connectivity index (χ4n) is 1.19. The molecule has 0 saturated heterocycles. The molecule has 1 aromatic rings. The normalized spacial score (nSPS) is 11.0. The molecule has 0 unspecified atom stereocenters. The first kappa shape index (κ1) is 11.8. The van der Waals surface area contributed by atoms with Gasteiger partial charge in [0.25, 0.3) is 0 Å². The molecular weight excluding hydrogens is 212 g/mol. The van der Waals surface area contributed by atoms with Crippen molar-refractivity contribution in [3.8, 4) is 5.75 Å². The molecule has 0 heterocycles. The molecule has 0 spiro atoms. The maximum Gasteiger partial charge on any atom is 0.341 e. The standard InChI is InChI=1S/C10H12N2O4/c1-15-8-4-3-6(9(11)12-14)5-7(8)10(13)16-2/h3-5,14H,1-2H3,(H2,11,12). The molecule has 6 nitrogen and oxygen atoms in total. The van der Waals surface area contributed by atoms with Crippen LogP contribution < -0.4 is 10.5 Å². The van der Waals surface area contributed by atoms with E-state index >= 15 is 0 Å². The number of nitrogens with two attached hydrogens (primary N) is 1. The van der Waals surface area contributed by atoms with Gasteiger partial charge in [-0.3, -0.25) is 0 Å². The van der Waals surface area contributed by atoms with Crippen molar-refractivity contribution in [3.63, 3.8) is 0 Å². The lowest BCUT2D eigenvalue weighted by atomic mass is 10.1. The number of esters is 1. The highest BCUT2D eigenvalue weighted by molar-refractivity contribution is 6.01. The summed E-state index contributed by atoms with van der Waals surface area (Å²) in [6.45, 7) is 0. The number of rotatable bonds is 3. The maximum atomic E-state index is 11.4. The molecule has 0 bridgehead atoms. The first-order valence-electron chi connectivity index (χ1n) is 4.38. The second-order valence-corrected chi connectivity index (χ2v) is 2.89.